The second kappa shape index (κ2) is 11.5. The molecule has 0 saturated carbocycles. The van der Waals surface area contributed by atoms with Gasteiger partial charge in [-0.3, -0.25) is 9.48 Å². The van der Waals surface area contributed by atoms with Crippen LogP contribution in [0.2, 0.25) is 5.15 Å². The van der Waals surface area contributed by atoms with Gasteiger partial charge in [0.05, 0.1) is 16.7 Å². The second-order valence-electron chi connectivity index (χ2n) is 11.6. The molecule has 3 aromatic heterocycles. The highest BCUT2D eigenvalue weighted by Gasteiger charge is 2.48. The summed E-state index contributed by atoms with van der Waals surface area (Å²) in [6, 6.07) is 3.96. The molecule has 0 aliphatic carbocycles. The van der Waals surface area contributed by atoms with Crippen LogP contribution < -0.4 is 14.8 Å². The van der Waals surface area contributed by atoms with Crippen molar-refractivity contribution in [2.75, 3.05) is 13.2 Å². The number of hydrogen-bond acceptors (Lipinski definition) is 8. The molecular formula is C26H33ClF3N7O4S. The van der Waals surface area contributed by atoms with Gasteiger partial charge in [0.1, 0.15) is 16.7 Å². The molecule has 1 fully saturated rings. The van der Waals surface area contributed by atoms with E-state index in [0.29, 0.717) is 12.5 Å². The zero-order valence-electron chi connectivity index (χ0n) is 23.8. The van der Waals surface area contributed by atoms with Crippen molar-refractivity contribution in [3.05, 3.63) is 47.0 Å². The van der Waals surface area contributed by atoms with Crippen LogP contribution in [0, 0.1) is 18.3 Å². The summed E-state index contributed by atoms with van der Waals surface area (Å²) < 4.78 is 75.3. The van der Waals surface area contributed by atoms with Gasteiger partial charge in [-0.25, -0.2) is 22.8 Å². The summed E-state index contributed by atoms with van der Waals surface area (Å²) in [6.07, 6.45) is 0.0919. The van der Waals surface area contributed by atoms with Gasteiger partial charge in [0.25, 0.3) is 15.9 Å². The Morgan fingerprint density at radius 1 is 1.26 bits per heavy atom. The highest BCUT2D eigenvalue weighted by atomic mass is 35.5. The molecule has 0 radical (unpaired) electrons. The molecule has 0 spiro atoms. The lowest BCUT2D eigenvalue weighted by molar-refractivity contribution is -0.219. The molecule has 230 valence electrons. The van der Waals surface area contributed by atoms with Crippen molar-refractivity contribution < 1.29 is 31.1 Å². The average molecular weight is 632 g/mol. The number of amides is 1. The summed E-state index contributed by atoms with van der Waals surface area (Å²) in [4.78, 5) is 16.8. The minimum Gasteiger partial charge on any atom is -0.476 e. The zero-order chi connectivity index (χ0) is 31.1. The lowest BCUT2D eigenvalue weighted by atomic mass is 9.92. The summed E-state index contributed by atoms with van der Waals surface area (Å²) >= 11 is 6.20. The smallest absolute Gasteiger partial charge is 0.397 e. The van der Waals surface area contributed by atoms with Gasteiger partial charge in [-0.05, 0) is 65.1 Å². The molecule has 2 N–H and O–H groups in total. The Morgan fingerprint density at radius 3 is 2.60 bits per heavy atom. The van der Waals surface area contributed by atoms with Gasteiger partial charge in [0.2, 0.25) is 5.88 Å². The third-order valence-corrected chi connectivity index (χ3v) is 8.94. The maximum Gasteiger partial charge on any atom is 0.397 e. The van der Waals surface area contributed by atoms with Crippen LogP contribution in [0.3, 0.4) is 0 Å². The highest BCUT2D eigenvalue weighted by molar-refractivity contribution is 7.90. The number of rotatable bonds is 10. The van der Waals surface area contributed by atoms with Crippen LogP contribution in [-0.4, -0.2) is 63.7 Å². The standard InChI is InChI=1S/C26H33ClF3N7O4S/c1-16-12-25(5,31-13-16)9-11-36-14-19(17(2)33-36)42(39,40)35-23(38)18-6-7-20(32-22(18)27)37-10-8-21(34-37)41-15-24(3,4)26(28,29)30/h6-8,10,14,16,31H,9,11-13,15H2,1-5H3,(H,35,38)/t16-,25?/m0/s1. The van der Waals surface area contributed by atoms with Crippen molar-refractivity contribution in [2.45, 2.75) is 70.6 Å². The molecule has 2 atom stereocenters. The number of hydrogen-bond donors (Lipinski definition) is 2. The largest absolute Gasteiger partial charge is 0.476 e. The van der Waals surface area contributed by atoms with E-state index >= 15 is 0 Å². The number of carbonyl (C=O) groups excluding carboxylic acids is 1. The molecule has 16 heteroatoms. The van der Waals surface area contributed by atoms with Gasteiger partial charge >= 0.3 is 6.18 Å². The number of halogens is 4. The number of ether oxygens (including phenoxy) is 1. The molecule has 4 rings (SSSR count). The zero-order valence-corrected chi connectivity index (χ0v) is 25.4. The van der Waals surface area contributed by atoms with Gasteiger partial charge in [0.15, 0.2) is 5.82 Å². The van der Waals surface area contributed by atoms with Gasteiger partial charge in [0, 0.05) is 30.5 Å². The first-order valence-electron chi connectivity index (χ1n) is 13.2. The Morgan fingerprint density at radius 2 is 1.98 bits per heavy atom. The first kappa shape index (κ1) is 31.8. The Kier molecular flexibility index (Phi) is 8.69. The molecule has 1 unspecified atom stereocenters. The third-order valence-electron chi connectivity index (χ3n) is 7.21. The molecular weight excluding hydrogens is 599 g/mol. The van der Waals surface area contributed by atoms with E-state index in [9.17, 15) is 26.4 Å². The summed E-state index contributed by atoms with van der Waals surface area (Å²) in [7, 11) is -4.28. The first-order chi connectivity index (χ1) is 19.4. The van der Waals surface area contributed by atoms with E-state index in [1.807, 2.05) is 4.72 Å². The van der Waals surface area contributed by atoms with Crippen molar-refractivity contribution in [2.24, 2.45) is 11.3 Å². The number of carbonyl (C=O) groups is 1. The molecule has 4 heterocycles. The van der Waals surface area contributed by atoms with E-state index in [0.717, 1.165) is 33.2 Å². The molecule has 0 bridgehead atoms. The van der Waals surface area contributed by atoms with Crippen molar-refractivity contribution in [1.82, 2.24) is 34.6 Å². The van der Waals surface area contributed by atoms with Crippen LogP contribution >= 0.6 is 11.6 Å². The molecule has 1 aliphatic heterocycles. The van der Waals surface area contributed by atoms with Crippen LogP contribution in [-0.2, 0) is 16.6 Å². The number of aromatic nitrogens is 5. The van der Waals surface area contributed by atoms with E-state index < -0.39 is 34.1 Å². The fourth-order valence-corrected chi connectivity index (χ4v) is 5.96. The predicted molar refractivity (Wildman–Crippen MR) is 148 cm³/mol. The summed E-state index contributed by atoms with van der Waals surface area (Å²) in [6.45, 7) is 8.65. The summed E-state index contributed by atoms with van der Waals surface area (Å²) in [5.41, 5.74) is -2.12. The van der Waals surface area contributed by atoms with E-state index in [2.05, 4.69) is 34.3 Å². The predicted octanol–water partition coefficient (Wildman–Crippen LogP) is 4.29. The van der Waals surface area contributed by atoms with Crippen LogP contribution in [0.15, 0.2) is 35.5 Å². The van der Waals surface area contributed by atoms with Crippen LogP contribution in [0.25, 0.3) is 5.82 Å². The summed E-state index contributed by atoms with van der Waals surface area (Å²) in [5.74, 6) is -0.383. The monoisotopic (exact) mass is 631 g/mol. The Hall–Kier alpha value is -3.17. The quantitative estimate of drug-likeness (QED) is 0.317. The number of alkyl halides is 3. The number of aryl methyl sites for hydroxylation is 2. The van der Waals surface area contributed by atoms with E-state index in [-0.39, 0.29) is 38.5 Å². The molecule has 1 amide bonds. The molecule has 1 aliphatic rings. The molecule has 0 aromatic carbocycles. The third kappa shape index (κ3) is 7.06. The van der Waals surface area contributed by atoms with Crippen LogP contribution in [0.5, 0.6) is 5.88 Å². The van der Waals surface area contributed by atoms with Crippen LogP contribution in [0.1, 0.15) is 56.6 Å². The molecule has 1 saturated heterocycles. The maximum absolute atomic E-state index is 13.1. The average Bonchev–Trinajstić information content (AvgIpc) is 3.59. The van der Waals surface area contributed by atoms with Crippen LogP contribution in [0.4, 0.5) is 13.2 Å². The molecule has 11 nitrogen and oxygen atoms in total. The van der Waals surface area contributed by atoms with Crippen molar-refractivity contribution >= 4 is 27.5 Å². The topological polar surface area (TPSA) is 133 Å². The minimum absolute atomic E-state index is 0.0583. The lowest BCUT2D eigenvalue weighted by Gasteiger charge is -2.26. The fraction of sp³-hybridized carbons (Fsp3) is 0.538. The van der Waals surface area contributed by atoms with Gasteiger partial charge in [-0.1, -0.05) is 18.5 Å². The Balaban J connectivity index is 1.41. The normalized spacial score (nSPS) is 19.7. The van der Waals surface area contributed by atoms with Gasteiger partial charge in [-0.15, -0.1) is 5.10 Å². The van der Waals surface area contributed by atoms with E-state index in [1.54, 1.807) is 11.6 Å². The molecule has 42 heavy (non-hydrogen) atoms. The lowest BCUT2D eigenvalue weighted by Crippen LogP contribution is -2.37. The number of nitrogens with one attached hydrogen (secondary N) is 2. The number of nitrogens with zero attached hydrogens (tertiary/aromatic N) is 5. The summed E-state index contributed by atoms with van der Waals surface area (Å²) in [5, 5.41) is 11.5. The van der Waals surface area contributed by atoms with Crippen molar-refractivity contribution in [3.63, 3.8) is 0 Å². The minimum atomic E-state index is -4.46. The van der Waals surface area contributed by atoms with Crippen molar-refractivity contribution in [1.29, 1.82) is 0 Å². The highest BCUT2D eigenvalue weighted by Crippen LogP contribution is 2.37. The maximum atomic E-state index is 13.1. The van der Waals surface area contributed by atoms with Crippen molar-refractivity contribution in [3.8, 4) is 11.7 Å². The van der Waals surface area contributed by atoms with Gasteiger partial charge < -0.3 is 10.1 Å². The second-order valence-corrected chi connectivity index (χ2v) is 13.6. The fourth-order valence-electron chi connectivity index (χ4n) is 4.57. The Labute approximate surface area is 246 Å². The number of sulfonamides is 1. The number of pyridine rings is 1. The van der Waals surface area contributed by atoms with E-state index in [1.165, 1.54) is 35.3 Å². The Bertz CT molecular complexity index is 1570. The van der Waals surface area contributed by atoms with E-state index in [4.69, 9.17) is 16.3 Å². The first-order valence-corrected chi connectivity index (χ1v) is 15.0. The molecule has 3 aromatic rings. The van der Waals surface area contributed by atoms with Gasteiger partial charge in [-0.2, -0.15) is 18.3 Å². The SMILES string of the molecule is Cc1nn(CCC2(C)C[C@H](C)CN2)cc1S(=O)(=O)NC(=O)c1ccc(-n2ccc(OCC(C)(C)C(F)(F)F)n2)nc1Cl.